The second kappa shape index (κ2) is 5.87. The molecule has 18 heavy (non-hydrogen) atoms. The van der Waals surface area contributed by atoms with Crippen LogP contribution in [0.4, 0.5) is 0 Å². The van der Waals surface area contributed by atoms with E-state index in [4.69, 9.17) is 4.74 Å². The van der Waals surface area contributed by atoms with Crippen molar-refractivity contribution in [1.82, 2.24) is 4.90 Å². The molecule has 4 heteroatoms. The molecule has 0 radical (unpaired) electrons. The van der Waals surface area contributed by atoms with E-state index in [1.807, 2.05) is 24.3 Å². The third-order valence-electron chi connectivity index (χ3n) is 3.21. The summed E-state index contributed by atoms with van der Waals surface area (Å²) in [5.41, 5.74) is 1.25. The van der Waals surface area contributed by atoms with Gasteiger partial charge < -0.3 is 14.7 Å². The van der Waals surface area contributed by atoms with Gasteiger partial charge in [-0.25, -0.2) is 0 Å². The molecule has 1 heterocycles. The minimum absolute atomic E-state index is 0.0399. The Morgan fingerprint density at radius 1 is 1.44 bits per heavy atom. The van der Waals surface area contributed by atoms with Gasteiger partial charge in [0, 0.05) is 13.1 Å². The average molecular weight is 249 g/mol. The van der Waals surface area contributed by atoms with E-state index in [-0.39, 0.29) is 18.6 Å². The molecule has 1 N–H and O–H groups in total. The quantitative estimate of drug-likeness (QED) is 0.873. The zero-order valence-electron chi connectivity index (χ0n) is 10.6. The third kappa shape index (κ3) is 3.23. The molecular weight excluding hydrogens is 230 g/mol. The SMILES string of the molecule is CCc1ccc(OCC(=O)N2CCC(O)C2)cc1. The molecule has 1 fully saturated rings. The Hall–Kier alpha value is -1.55. The molecule has 1 aliphatic heterocycles. The van der Waals surface area contributed by atoms with Crippen molar-refractivity contribution in [3.05, 3.63) is 29.8 Å². The minimum atomic E-state index is -0.377. The van der Waals surface area contributed by atoms with E-state index in [1.165, 1.54) is 5.56 Å². The summed E-state index contributed by atoms with van der Waals surface area (Å²) in [5, 5.41) is 9.36. The fraction of sp³-hybridized carbons (Fsp3) is 0.500. The summed E-state index contributed by atoms with van der Waals surface area (Å²) >= 11 is 0. The molecule has 2 rings (SSSR count). The smallest absolute Gasteiger partial charge is 0.260 e. The summed E-state index contributed by atoms with van der Waals surface area (Å²) in [5.74, 6) is 0.645. The predicted octanol–water partition coefficient (Wildman–Crippen LogP) is 1.22. The molecule has 0 aliphatic carbocycles. The molecule has 1 saturated heterocycles. The van der Waals surface area contributed by atoms with Gasteiger partial charge in [-0.2, -0.15) is 0 Å². The van der Waals surface area contributed by atoms with Gasteiger partial charge >= 0.3 is 0 Å². The number of benzene rings is 1. The van der Waals surface area contributed by atoms with E-state index >= 15 is 0 Å². The molecule has 4 nitrogen and oxygen atoms in total. The van der Waals surface area contributed by atoms with Crippen LogP contribution in [0.2, 0.25) is 0 Å². The molecule has 98 valence electrons. The van der Waals surface area contributed by atoms with Crippen LogP contribution < -0.4 is 4.74 Å². The molecule has 1 aromatic carbocycles. The number of carbonyl (C=O) groups excluding carboxylic acids is 1. The summed E-state index contributed by atoms with van der Waals surface area (Å²) in [6.45, 7) is 3.19. The van der Waals surface area contributed by atoms with Crippen molar-refractivity contribution in [3.63, 3.8) is 0 Å². The van der Waals surface area contributed by atoms with E-state index in [9.17, 15) is 9.90 Å². The lowest BCUT2D eigenvalue weighted by molar-refractivity contribution is -0.132. The Balaban J connectivity index is 1.81. The maximum Gasteiger partial charge on any atom is 0.260 e. The van der Waals surface area contributed by atoms with Crippen LogP contribution in [0.15, 0.2) is 24.3 Å². The summed E-state index contributed by atoms with van der Waals surface area (Å²) in [7, 11) is 0. The van der Waals surface area contributed by atoms with Crippen LogP contribution in [0.3, 0.4) is 0 Å². The van der Waals surface area contributed by atoms with Crippen molar-refractivity contribution in [1.29, 1.82) is 0 Å². The molecule has 1 aromatic rings. The second-order valence-corrected chi connectivity index (χ2v) is 4.57. The Morgan fingerprint density at radius 2 is 2.17 bits per heavy atom. The van der Waals surface area contributed by atoms with E-state index in [0.29, 0.717) is 25.3 Å². The van der Waals surface area contributed by atoms with Crippen molar-refractivity contribution < 1.29 is 14.6 Å². The lowest BCUT2D eigenvalue weighted by Crippen LogP contribution is -2.33. The summed E-state index contributed by atoms with van der Waals surface area (Å²) < 4.78 is 5.44. The van der Waals surface area contributed by atoms with Gasteiger partial charge in [0.2, 0.25) is 0 Å². The molecular formula is C14H19NO3. The van der Waals surface area contributed by atoms with Gasteiger partial charge in [-0.05, 0) is 30.5 Å². The molecule has 1 atom stereocenters. The highest BCUT2D eigenvalue weighted by Gasteiger charge is 2.24. The van der Waals surface area contributed by atoms with Crippen molar-refractivity contribution in [2.24, 2.45) is 0 Å². The van der Waals surface area contributed by atoms with Crippen LogP contribution in [-0.2, 0) is 11.2 Å². The molecule has 1 aliphatic rings. The number of likely N-dealkylation sites (tertiary alicyclic amines) is 1. The fourth-order valence-corrected chi connectivity index (χ4v) is 2.03. The Bertz CT molecular complexity index is 402. The first-order chi connectivity index (χ1) is 8.69. The van der Waals surface area contributed by atoms with Crippen molar-refractivity contribution in [2.45, 2.75) is 25.9 Å². The Labute approximate surface area is 107 Å². The Morgan fingerprint density at radius 3 is 2.72 bits per heavy atom. The largest absolute Gasteiger partial charge is 0.484 e. The lowest BCUT2D eigenvalue weighted by Gasteiger charge is -2.15. The number of β-amino-alcohol motifs (C(OH)–C–C–N with tert-alkyl or cyclic N) is 1. The molecule has 0 saturated carbocycles. The number of hydrogen-bond acceptors (Lipinski definition) is 3. The number of aliphatic hydroxyl groups is 1. The van der Waals surface area contributed by atoms with E-state index < -0.39 is 0 Å². The van der Waals surface area contributed by atoms with Gasteiger partial charge in [0.1, 0.15) is 5.75 Å². The van der Waals surface area contributed by atoms with Crippen LogP contribution in [0.25, 0.3) is 0 Å². The van der Waals surface area contributed by atoms with Gasteiger partial charge in [0.25, 0.3) is 5.91 Å². The average Bonchev–Trinajstić information content (AvgIpc) is 2.83. The topological polar surface area (TPSA) is 49.8 Å². The highest BCUT2D eigenvalue weighted by atomic mass is 16.5. The summed E-state index contributed by atoms with van der Waals surface area (Å²) in [6, 6.07) is 7.76. The zero-order valence-corrected chi connectivity index (χ0v) is 10.6. The fourth-order valence-electron chi connectivity index (χ4n) is 2.03. The molecule has 1 unspecified atom stereocenters. The van der Waals surface area contributed by atoms with Crippen LogP contribution in [0.1, 0.15) is 18.9 Å². The normalized spacial score (nSPS) is 19.0. The first-order valence-corrected chi connectivity index (χ1v) is 6.36. The second-order valence-electron chi connectivity index (χ2n) is 4.57. The molecule has 0 spiro atoms. The zero-order chi connectivity index (χ0) is 13.0. The van der Waals surface area contributed by atoms with Crippen LogP contribution >= 0.6 is 0 Å². The molecule has 1 amide bonds. The first-order valence-electron chi connectivity index (χ1n) is 6.36. The highest BCUT2D eigenvalue weighted by molar-refractivity contribution is 5.78. The van der Waals surface area contributed by atoms with E-state index in [1.54, 1.807) is 4.90 Å². The summed E-state index contributed by atoms with van der Waals surface area (Å²) in [4.78, 5) is 13.4. The van der Waals surface area contributed by atoms with Crippen LogP contribution in [-0.4, -0.2) is 41.7 Å². The Kier molecular flexibility index (Phi) is 4.20. The van der Waals surface area contributed by atoms with E-state index in [0.717, 1.165) is 6.42 Å². The van der Waals surface area contributed by atoms with Crippen molar-refractivity contribution in [3.8, 4) is 5.75 Å². The first kappa shape index (κ1) is 12.9. The number of ether oxygens (including phenoxy) is 1. The predicted molar refractivity (Wildman–Crippen MR) is 68.5 cm³/mol. The number of aryl methyl sites for hydroxylation is 1. The standard InChI is InChI=1S/C14H19NO3/c1-2-11-3-5-13(6-4-11)18-10-14(17)15-8-7-12(16)9-15/h3-6,12,16H,2,7-10H2,1H3. The monoisotopic (exact) mass is 249 g/mol. The number of aliphatic hydroxyl groups excluding tert-OH is 1. The molecule has 0 bridgehead atoms. The number of amides is 1. The number of nitrogens with zero attached hydrogens (tertiary/aromatic N) is 1. The maximum atomic E-state index is 11.8. The minimum Gasteiger partial charge on any atom is -0.484 e. The highest BCUT2D eigenvalue weighted by Crippen LogP contribution is 2.13. The summed E-state index contributed by atoms with van der Waals surface area (Å²) in [6.07, 6.45) is 1.28. The van der Waals surface area contributed by atoms with Gasteiger partial charge in [0.05, 0.1) is 6.10 Å². The molecule has 0 aromatic heterocycles. The van der Waals surface area contributed by atoms with Crippen molar-refractivity contribution >= 4 is 5.91 Å². The number of hydrogen-bond donors (Lipinski definition) is 1. The van der Waals surface area contributed by atoms with Gasteiger partial charge in [-0.3, -0.25) is 4.79 Å². The van der Waals surface area contributed by atoms with Gasteiger partial charge in [-0.15, -0.1) is 0 Å². The van der Waals surface area contributed by atoms with Gasteiger partial charge in [-0.1, -0.05) is 19.1 Å². The number of rotatable bonds is 4. The van der Waals surface area contributed by atoms with E-state index in [2.05, 4.69) is 6.92 Å². The maximum absolute atomic E-state index is 11.8. The lowest BCUT2D eigenvalue weighted by atomic mass is 10.2. The third-order valence-corrected chi connectivity index (χ3v) is 3.21. The number of carbonyl (C=O) groups is 1. The van der Waals surface area contributed by atoms with Crippen LogP contribution in [0.5, 0.6) is 5.75 Å². The van der Waals surface area contributed by atoms with Gasteiger partial charge in [0.15, 0.2) is 6.61 Å². The van der Waals surface area contributed by atoms with Crippen LogP contribution in [0, 0.1) is 0 Å². The van der Waals surface area contributed by atoms with Crippen molar-refractivity contribution in [2.75, 3.05) is 19.7 Å².